The van der Waals surface area contributed by atoms with Gasteiger partial charge in [0.15, 0.2) is 0 Å². The van der Waals surface area contributed by atoms with Crippen LogP contribution in [0.15, 0.2) is 83.8 Å². The zero-order valence-electron chi connectivity index (χ0n) is 23.5. The number of hydrogen-bond donors (Lipinski definition) is 2. The fraction of sp³-hybridized carbons (Fsp3) is 0.258. The zero-order valence-corrected chi connectivity index (χ0v) is 24.3. The van der Waals surface area contributed by atoms with Gasteiger partial charge in [0, 0.05) is 22.7 Å². The number of aromatic nitrogens is 2. The van der Waals surface area contributed by atoms with Crippen LogP contribution >= 0.6 is 11.8 Å². The highest BCUT2D eigenvalue weighted by atomic mass is 32.2. The number of nitrogens with zero attached hydrogens (tertiary/aromatic N) is 3. The molecule has 208 valence electrons. The van der Waals surface area contributed by atoms with E-state index in [1.165, 1.54) is 4.90 Å². The van der Waals surface area contributed by atoms with Crippen LogP contribution in [0, 0.1) is 12.8 Å². The van der Waals surface area contributed by atoms with Crippen molar-refractivity contribution >= 4 is 35.2 Å². The van der Waals surface area contributed by atoms with Gasteiger partial charge in [-0.05, 0) is 73.2 Å². The SMILES string of the molecule is COc1ccc(-n2nc(C)c(-c3ccccc3)c2NC(=O)CN(CC(C)C)C(=O)Nc2ccc(SC)cc2)cc1. The summed E-state index contributed by atoms with van der Waals surface area (Å²) in [4.78, 5) is 29.4. The predicted molar refractivity (Wildman–Crippen MR) is 163 cm³/mol. The van der Waals surface area contributed by atoms with Crippen LogP contribution in [0.25, 0.3) is 16.8 Å². The minimum atomic E-state index is -0.330. The van der Waals surface area contributed by atoms with Crippen LogP contribution in [0.1, 0.15) is 19.5 Å². The number of thioether (sulfide) groups is 1. The van der Waals surface area contributed by atoms with Crippen molar-refractivity contribution in [2.24, 2.45) is 5.92 Å². The summed E-state index contributed by atoms with van der Waals surface area (Å²) in [5.74, 6) is 1.11. The molecule has 2 N–H and O–H groups in total. The molecule has 0 unspecified atom stereocenters. The number of nitrogens with one attached hydrogen (secondary N) is 2. The number of amides is 3. The van der Waals surface area contributed by atoms with Crippen LogP contribution in [-0.2, 0) is 4.79 Å². The summed E-state index contributed by atoms with van der Waals surface area (Å²) < 4.78 is 7.02. The minimum Gasteiger partial charge on any atom is -0.497 e. The van der Waals surface area contributed by atoms with E-state index in [4.69, 9.17) is 9.84 Å². The van der Waals surface area contributed by atoms with Gasteiger partial charge >= 0.3 is 6.03 Å². The molecule has 0 bridgehead atoms. The Morgan fingerprint density at radius 2 is 1.65 bits per heavy atom. The Morgan fingerprint density at radius 1 is 0.975 bits per heavy atom. The number of benzene rings is 3. The summed E-state index contributed by atoms with van der Waals surface area (Å²) in [7, 11) is 1.62. The maximum atomic E-state index is 13.5. The molecule has 4 rings (SSSR count). The summed E-state index contributed by atoms with van der Waals surface area (Å²) >= 11 is 1.63. The molecule has 3 amide bonds. The van der Waals surface area contributed by atoms with E-state index in [0.717, 1.165) is 33.2 Å². The van der Waals surface area contributed by atoms with Crippen molar-refractivity contribution < 1.29 is 14.3 Å². The molecule has 0 saturated heterocycles. The molecule has 1 aromatic heterocycles. The summed E-state index contributed by atoms with van der Waals surface area (Å²) in [5.41, 5.74) is 3.96. The Balaban J connectivity index is 1.62. The smallest absolute Gasteiger partial charge is 0.322 e. The Labute approximate surface area is 239 Å². The topological polar surface area (TPSA) is 88.5 Å². The first-order valence-electron chi connectivity index (χ1n) is 13.1. The van der Waals surface area contributed by atoms with Crippen molar-refractivity contribution in [1.82, 2.24) is 14.7 Å². The number of urea groups is 1. The van der Waals surface area contributed by atoms with Crippen LogP contribution < -0.4 is 15.4 Å². The quantitative estimate of drug-likeness (QED) is 0.212. The standard InChI is InChI=1S/C31H35N5O3S/c1-21(2)19-35(31(38)32-24-11-17-27(40-5)18-12-24)20-28(37)33-30-29(23-9-7-6-8-10-23)22(3)34-36(30)25-13-15-26(39-4)16-14-25/h6-18,21H,19-20H2,1-5H3,(H,32,38)(H,33,37). The maximum Gasteiger partial charge on any atom is 0.322 e. The van der Waals surface area contributed by atoms with Gasteiger partial charge in [0.2, 0.25) is 5.91 Å². The van der Waals surface area contributed by atoms with E-state index in [1.807, 2.05) is 106 Å². The van der Waals surface area contributed by atoms with Crippen LogP contribution in [0.3, 0.4) is 0 Å². The Morgan fingerprint density at radius 3 is 2.25 bits per heavy atom. The highest BCUT2D eigenvalue weighted by Gasteiger charge is 2.23. The van der Waals surface area contributed by atoms with E-state index >= 15 is 0 Å². The molecule has 1 heterocycles. The molecule has 0 atom stereocenters. The van der Waals surface area contributed by atoms with Crippen molar-refractivity contribution in [2.75, 3.05) is 37.1 Å². The largest absolute Gasteiger partial charge is 0.497 e. The Kier molecular flexibility index (Phi) is 9.50. The zero-order chi connectivity index (χ0) is 28.6. The fourth-order valence-corrected chi connectivity index (χ4v) is 4.79. The average Bonchev–Trinajstić information content (AvgIpc) is 3.28. The van der Waals surface area contributed by atoms with Crippen molar-refractivity contribution in [3.05, 3.63) is 84.6 Å². The highest BCUT2D eigenvalue weighted by Crippen LogP contribution is 2.33. The van der Waals surface area contributed by atoms with Crippen molar-refractivity contribution in [3.63, 3.8) is 0 Å². The first-order valence-corrected chi connectivity index (χ1v) is 14.3. The molecule has 8 nitrogen and oxygen atoms in total. The summed E-state index contributed by atoms with van der Waals surface area (Å²) in [6.07, 6.45) is 2.00. The lowest BCUT2D eigenvalue weighted by Gasteiger charge is -2.24. The van der Waals surface area contributed by atoms with Crippen molar-refractivity contribution in [3.8, 4) is 22.6 Å². The highest BCUT2D eigenvalue weighted by molar-refractivity contribution is 7.98. The number of hydrogen-bond acceptors (Lipinski definition) is 5. The monoisotopic (exact) mass is 557 g/mol. The van der Waals surface area contributed by atoms with E-state index in [9.17, 15) is 9.59 Å². The number of aryl methyl sites for hydroxylation is 1. The normalized spacial score (nSPS) is 10.8. The maximum absolute atomic E-state index is 13.5. The molecule has 0 spiro atoms. The van der Waals surface area contributed by atoms with E-state index in [2.05, 4.69) is 10.6 Å². The molecular weight excluding hydrogens is 522 g/mol. The first-order chi connectivity index (χ1) is 19.3. The van der Waals surface area contributed by atoms with Gasteiger partial charge in [-0.1, -0.05) is 44.2 Å². The number of anilines is 2. The summed E-state index contributed by atoms with van der Waals surface area (Å²) in [6, 6.07) is 24.6. The molecule has 0 aliphatic rings. The number of ether oxygens (including phenoxy) is 1. The molecule has 0 saturated carbocycles. The second kappa shape index (κ2) is 13.2. The van der Waals surface area contributed by atoms with Gasteiger partial charge in [0.1, 0.15) is 18.1 Å². The van der Waals surface area contributed by atoms with Gasteiger partial charge in [0.05, 0.1) is 18.5 Å². The van der Waals surface area contributed by atoms with Gasteiger partial charge in [-0.3, -0.25) is 4.79 Å². The molecule has 0 aliphatic carbocycles. The Hall–Kier alpha value is -4.24. The lowest BCUT2D eigenvalue weighted by atomic mass is 10.1. The number of carbonyl (C=O) groups excluding carboxylic acids is 2. The Bertz CT molecular complexity index is 1430. The minimum absolute atomic E-state index is 0.117. The molecule has 40 heavy (non-hydrogen) atoms. The predicted octanol–water partition coefficient (Wildman–Crippen LogP) is 6.71. The van der Waals surface area contributed by atoms with Crippen molar-refractivity contribution in [1.29, 1.82) is 0 Å². The number of methoxy groups -OCH3 is 1. The van der Waals surface area contributed by atoms with E-state index < -0.39 is 0 Å². The van der Waals surface area contributed by atoms with Gasteiger partial charge in [-0.2, -0.15) is 5.10 Å². The van der Waals surface area contributed by atoms with E-state index in [-0.39, 0.29) is 24.4 Å². The fourth-order valence-electron chi connectivity index (χ4n) is 4.39. The third-order valence-electron chi connectivity index (χ3n) is 6.25. The molecule has 9 heteroatoms. The molecular formula is C31H35N5O3S. The molecule has 0 radical (unpaired) electrons. The molecule has 0 fully saturated rings. The second-order valence-electron chi connectivity index (χ2n) is 9.77. The van der Waals surface area contributed by atoms with Gasteiger partial charge in [0.25, 0.3) is 0 Å². The summed E-state index contributed by atoms with van der Waals surface area (Å²) in [6.45, 7) is 6.25. The number of rotatable bonds is 10. The third-order valence-corrected chi connectivity index (χ3v) is 6.99. The second-order valence-corrected chi connectivity index (χ2v) is 10.6. The van der Waals surface area contributed by atoms with E-state index in [0.29, 0.717) is 18.1 Å². The third kappa shape index (κ3) is 7.04. The summed E-state index contributed by atoms with van der Waals surface area (Å²) in [5, 5.41) is 10.8. The first kappa shape index (κ1) is 28.8. The lowest BCUT2D eigenvalue weighted by Crippen LogP contribution is -2.42. The van der Waals surface area contributed by atoms with Crippen LogP contribution in [0.4, 0.5) is 16.3 Å². The van der Waals surface area contributed by atoms with Gasteiger partial charge < -0.3 is 20.3 Å². The lowest BCUT2D eigenvalue weighted by molar-refractivity contribution is -0.116. The van der Waals surface area contributed by atoms with Gasteiger partial charge in [-0.15, -0.1) is 11.8 Å². The van der Waals surface area contributed by atoms with Crippen molar-refractivity contribution in [2.45, 2.75) is 25.7 Å². The molecule has 0 aliphatic heterocycles. The van der Waals surface area contributed by atoms with E-state index in [1.54, 1.807) is 23.6 Å². The van der Waals surface area contributed by atoms with Crippen LogP contribution in [-0.4, -0.2) is 53.1 Å². The van der Waals surface area contributed by atoms with Gasteiger partial charge in [-0.25, -0.2) is 9.48 Å². The average molecular weight is 558 g/mol. The molecule has 3 aromatic carbocycles. The van der Waals surface area contributed by atoms with Crippen LogP contribution in [0.5, 0.6) is 5.75 Å². The molecule has 4 aromatic rings. The van der Waals surface area contributed by atoms with Crippen LogP contribution in [0.2, 0.25) is 0 Å². The number of carbonyl (C=O) groups is 2.